The van der Waals surface area contributed by atoms with E-state index in [1.807, 2.05) is 6.20 Å². The monoisotopic (exact) mass is 212 g/mol. The van der Waals surface area contributed by atoms with Crippen LogP contribution in [0.25, 0.3) is 0 Å². The van der Waals surface area contributed by atoms with Gasteiger partial charge in [0.15, 0.2) is 0 Å². The number of aryl methyl sites for hydroxylation is 1. The van der Waals surface area contributed by atoms with Gasteiger partial charge in [-0.15, -0.1) is 0 Å². The zero-order valence-corrected chi connectivity index (χ0v) is 9.18. The SMILES string of the molecule is CC1CN(CCCc2cnc[nH]2)SN1. The van der Waals surface area contributed by atoms with Gasteiger partial charge in [-0.2, -0.15) is 0 Å². The molecule has 5 heteroatoms. The van der Waals surface area contributed by atoms with Crippen molar-refractivity contribution in [3.63, 3.8) is 0 Å². The molecule has 1 fully saturated rings. The smallest absolute Gasteiger partial charge is 0.0921 e. The Morgan fingerprint density at radius 1 is 1.71 bits per heavy atom. The first-order valence-corrected chi connectivity index (χ1v) is 5.76. The summed E-state index contributed by atoms with van der Waals surface area (Å²) >= 11 is 1.75. The van der Waals surface area contributed by atoms with Gasteiger partial charge in [-0.3, -0.25) is 0 Å². The summed E-state index contributed by atoms with van der Waals surface area (Å²) in [6.45, 7) is 4.50. The zero-order valence-electron chi connectivity index (χ0n) is 8.36. The summed E-state index contributed by atoms with van der Waals surface area (Å²) in [5.41, 5.74) is 1.23. The van der Waals surface area contributed by atoms with E-state index in [-0.39, 0.29) is 0 Å². The molecule has 78 valence electrons. The van der Waals surface area contributed by atoms with Crippen molar-refractivity contribution in [3.8, 4) is 0 Å². The fourth-order valence-electron chi connectivity index (χ4n) is 1.55. The van der Waals surface area contributed by atoms with Crippen molar-refractivity contribution in [2.75, 3.05) is 13.1 Å². The first kappa shape index (κ1) is 10.0. The van der Waals surface area contributed by atoms with Gasteiger partial charge in [0, 0.05) is 43.2 Å². The highest BCUT2D eigenvalue weighted by atomic mass is 32.2. The van der Waals surface area contributed by atoms with Crippen molar-refractivity contribution in [2.45, 2.75) is 25.8 Å². The molecule has 1 atom stereocenters. The molecule has 14 heavy (non-hydrogen) atoms. The third-order valence-corrected chi connectivity index (χ3v) is 3.37. The van der Waals surface area contributed by atoms with Gasteiger partial charge in [-0.25, -0.2) is 14.0 Å². The quantitative estimate of drug-likeness (QED) is 0.736. The second-order valence-corrected chi connectivity index (χ2v) is 4.61. The maximum Gasteiger partial charge on any atom is 0.0921 e. The lowest BCUT2D eigenvalue weighted by atomic mass is 10.2. The highest BCUT2D eigenvalue weighted by molar-refractivity contribution is 7.95. The third kappa shape index (κ3) is 2.73. The molecular weight excluding hydrogens is 196 g/mol. The lowest BCUT2D eigenvalue weighted by molar-refractivity contribution is 0.457. The van der Waals surface area contributed by atoms with Crippen molar-refractivity contribution in [1.29, 1.82) is 0 Å². The maximum absolute atomic E-state index is 4.00. The Morgan fingerprint density at radius 3 is 3.29 bits per heavy atom. The molecule has 2 rings (SSSR count). The molecule has 1 unspecified atom stereocenters. The predicted molar refractivity (Wildman–Crippen MR) is 58.7 cm³/mol. The molecule has 1 saturated heterocycles. The van der Waals surface area contributed by atoms with Gasteiger partial charge in [0.05, 0.1) is 6.33 Å². The molecule has 0 saturated carbocycles. The van der Waals surface area contributed by atoms with Gasteiger partial charge in [0.1, 0.15) is 0 Å². The minimum Gasteiger partial charge on any atom is -0.348 e. The van der Waals surface area contributed by atoms with Gasteiger partial charge in [0.25, 0.3) is 0 Å². The Balaban J connectivity index is 1.64. The zero-order chi connectivity index (χ0) is 9.80. The number of nitrogens with one attached hydrogen (secondary N) is 2. The van der Waals surface area contributed by atoms with Crippen LogP contribution in [0.5, 0.6) is 0 Å². The van der Waals surface area contributed by atoms with Crippen LogP contribution in [0.1, 0.15) is 19.0 Å². The summed E-state index contributed by atoms with van der Waals surface area (Å²) in [4.78, 5) is 7.12. The molecule has 0 spiro atoms. The highest BCUT2D eigenvalue weighted by Gasteiger charge is 2.17. The molecule has 0 amide bonds. The minimum atomic E-state index is 0.618. The van der Waals surface area contributed by atoms with Crippen LogP contribution < -0.4 is 4.72 Å². The Labute approximate surface area is 88.7 Å². The minimum absolute atomic E-state index is 0.618. The molecule has 4 nitrogen and oxygen atoms in total. The van der Waals surface area contributed by atoms with Gasteiger partial charge in [-0.05, 0) is 19.8 Å². The molecule has 0 aliphatic carbocycles. The summed E-state index contributed by atoms with van der Waals surface area (Å²) in [5, 5.41) is 0. The number of hydrogen-bond acceptors (Lipinski definition) is 4. The molecular formula is C9H16N4S. The van der Waals surface area contributed by atoms with Crippen molar-refractivity contribution >= 4 is 12.1 Å². The van der Waals surface area contributed by atoms with Crippen LogP contribution in [0.3, 0.4) is 0 Å². The summed E-state index contributed by atoms with van der Waals surface area (Å²) in [5.74, 6) is 0. The first-order valence-electron chi connectivity index (χ1n) is 4.99. The summed E-state index contributed by atoms with van der Waals surface area (Å²) < 4.78 is 5.71. The largest absolute Gasteiger partial charge is 0.348 e. The van der Waals surface area contributed by atoms with Gasteiger partial charge >= 0.3 is 0 Å². The van der Waals surface area contributed by atoms with Crippen molar-refractivity contribution < 1.29 is 0 Å². The van der Waals surface area contributed by atoms with E-state index in [0.29, 0.717) is 6.04 Å². The summed E-state index contributed by atoms with van der Waals surface area (Å²) in [6.07, 6.45) is 5.91. The van der Waals surface area contributed by atoms with Crippen molar-refractivity contribution in [2.24, 2.45) is 0 Å². The van der Waals surface area contributed by atoms with Crippen LogP contribution in [0, 0.1) is 0 Å². The summed E-state index contributed by atoms with van der Waals surface area (Å²) in [7, 11) is 0. The van der Waals surface area contributed by atoms with Crippen LogP contribution in [0.15, 0.2) is 12.5 Å². The fraction of sp³-hybridized carbons (Fsp3) is 0.667. The third-order valence-electron chi connectivity index (χ3n) is 2.27. The normalized spacial score (nSPS) is 23.1. The number of nitrogens with zero attached hydrogens (tertiary/aromatic N) is 2. The van der Waals surface area contributed by atoms with E-state index < -0.39 is 0 Å². The molecule has 1 aliphatic rings. The Bertz CT molecular complexity index is 262. The summed E-state index contributed by atoms with van der Waals surface area (Å²) in [6, 6.07) is 0.618. The average molecular weight is 212 g/mol. The lowest BCUT2D eigenvalue weighted by Crippen LogP contribution is -2.20. The number of hydrogen-bond donors (Lipinski definition) is 2. The van der Waals surface area contributed by atoms with E-state index in [9.17, 15) is 0 Å². The van der Waals surface area contributed by atoms with Gasteiger partial charge in [0.2, 0.25) is 0 Å². The number of imidazole rings is 1. The van der Waals surface area contributed by atoms with Crippen LogP contribution >= 0.6 is 12.1 Å². The molecule has 0 aromatic carbocycles. The van der Waals surface area contributed by atoms with Crippen molar-refractivity contribution in [3.05, 3.63) is 18.2 Å². The predicted octanol–water partition coefficient (Wildman–Crippen LogP) is 1.20. The molecule has 2 heterocycles. The van der Waals surface area contributed by atoms with E-state index in [1.165, 1.54) is 12.1 Å². The first-order chi connectivity index (χ1) is 6.84. The number of aromatic amines is 1. The van der Waals surface area contributed by atoms with Crippen LogP contribution in [0.4, 0.5) is 0 Å². The Kier molecular flexibility index (Phi) is 3.44. The van der Waals surface area contributed by atoms with Crippen LogP contribution in [0.2, 0.25) is 0 Å². The molecule has 1 aliphatic heterocycles. The number of rotatable bonds is 4. The van der Waals surface area contributed by atoms with Crippen LogP contribution in [-0.2, 0) is 6.42 Å². The number of H-pyrrole nitrogens is 1. The Morgan fingerprint density at radius 2 is 2.64 bits per heavy atom. The highest BCUT2D eigenvalue weighted by Crippen LogP contribution is 2.16. The average Bonchev–Trinajstić information content (AvgIpc) is 2.77. The lowest BCUT2D eigenvalue weighted by Gasteiger charge is -2.10. The van der Waals surface area contributed by atoms with Gasteiger partial charge in [-0.1, -0.05) is 0 Å². The number of aromatic nitrogens is 2. The molecule has 1 aromatic rings. The topological polar surface area (TPSA) is 44.0 Å². The maximum atomic E-state index is 4.00. The van der Waals surface area contributed by atoms with Gasteiger partial charge < -0.3 is 4.98 Å². The fourth-order valence-corrected chi connectivity index (χ4v) is 2.47. The standard InChI is InChI=1S/C9H16N4S/c1-8-6-13(14-12-8)4-2-3-9-5-10-7-11-9/h5,7-8,12H,2-4,6H2,1H3,(H,10,11). The van der Waals surface area contributed by atoms with E-state index >= 15 is 0 Å². The Hall–Kier alpha value is -0.520. The van der Waals surface area contributed by atoms with Crippen molar-refractivity contribution in [1.82, 2.24) is 19.0 Å². The second-order valence-electron chi connectivity index (χ2n) is 3.68. The molecule has 0 radical (unpaired) electrons. The van der Waals surface area contributed by atoms with E-state index in [0.717, 1.165) is 19.5 Å². The molecule has 2 N–H and O–H groups in total. The second kappa shape index (κ2) is 4.82. The van der Waals surface area contributed by atoms with E-state index in [2.05, 4.69) is 25.9 Å². The molecule has 1 aromatic heterocycles. The van der Waals surface area contributed by atoms with E-state index in [1.54, 1.807) is 18.5 Å². The molecule has 0 bridgehead atoms. The van der Waals surface area contributed by atoms with E-state index in [4.69, 9.17) is 0 Å². The van der Waals surface area contributed by atoms with Crippen LogP contribution in [-0.4, -0.2) is 33.4 Å².